The van der Waals surface area contributed by atoms with Gasteiger partial charge < -0.3 is 29.8 Å². The van der Waals surface area contributed by atoms with Gasteiger partial charge >= 0.3 is 0 Å². The summed E-state index contributed by atoms with van der Waals surface area (Å²) in [5.74, 6) is -0.199. The molecule has 0 amide bonds. The van der Waals surface area contributed by atoms with Crippen LogP contribution in [0.15, 0.2) is 36.1 Å². The summed E-state index contributed by atoms with van der Waals surface area (Å²) in [6, 6.07) is 8.74. The maximum Gasteiger partial charge on any atom is 0.155 e. The van der Waals surface area contributed by atoms with E-state index in [0.29, 0.717) is 5.56 Å². The molecule has 0 radical (unpaired) electrons. The van der Waals surface area contributed by atoms with Crippen LogP contribution in [0.3, 0.4) is 0 Å². The van der Waals surface area contributed by atoms with Gasteiger partial charge in [0.25, 0.3) is 0 Å². The summed E-state index contributed by atoms with van der Waals surface area (Å²) in [6.07, 6.45) is -5.40. The molecule has 0 fully saturated rings. The molecule has 1 aromatic carbocycles. The standard InChI is InChI=1S/C13H17ClO6/c14-20-10(6-8-4-2-1-3-5-8)12(18)13(19)11(17)9(16)7-15/h1-6,9,11-13,15-19H,7H2. The van der Waals surface area contributed by atoms with Gasteiger partial charge in [0.15, 0.2) is 5.76 Å². The van der Waals surface area contributed by atoms with E-state index < -0.39 is 31.0 Å². The van der Waals surface area contributed by atoms with E-state index in [1.54, 1.807) is 30.3 Å². The Morgan fingerprint density at radius 2 is 1.70 bits per heavy atom. The first kappa shape index (κ1) is 16.9. The third-order valence-electron chi connectivity index (χ3n) is 2.74. The number of rotatable bonds is 7. The van der Waals surface area contributed by atoms with Gasteiger partial charge in [-0.05, 0) is 11.6 Å². The summed E-state index contributed by atoms with van der Waals surface area (Å²) < 4.78 is 4.47. The lowest BCUT2D eigenvalue weighted by atomic mass is 10.0. The summed E-state index contributed by atoms with van der Waals surface area (Å²) in [7, 11) is 0. The van der Waals surface area contributed by atoms with Crippen LogP contribution in [-0.2, 0) is 4.29 Å². The van der Waals surface area contributed by atoms with E-state index in [0.717, 1.165) is 0 Å². The SMILES string of the molecule is OCC(O)C(O)C(O)C(O)C(=Cc1ccccc1)OCl. The minimum Gasteiger partial charge on any atom is -0.394 e. The van der Waals surface area contributed by atoms with Gasteiger partial charge in [-0.2, -0.15) is 0 Å². The van der Waals surface area contributed by atoms with Crippen LogP contribution in [0.2, 0.25) is 0 Å². The Morgan fingerprint density at radius 1 is 1.10 bits per heavy atom. The molecule has 0 heterocycles. The second-order valence-corrected chi connectivity index (χ2v) is 4.36. The molecule has 6 nitrogen and oxygen atoms in total. The number of halogens is 1. The molecule has 0 aliphatic carbocycles. The molecule has 4 unspecified atom stereocenters. The summed E-state index contributed by atoms with van der Waals surface area (Å²) in [6.45, 7) is -0.760. The fourth-order valence-corrected chi connectivity index (χ4v) is 1.69. The first-order valence-corrected chi connectivity index (χ1v) is 6.20. The van der Waals surface area contributed by atoms with E-state index in [-0.39, 0.29) is 5.76 Å². The van der Waals surface area contributed by atoms with Crippen molar-refractivity contribution in [3.8, 4) is 0 Å². The minimum atomic E-state index is -1.77. The van der Waals surface area contributed by atoms with Crippen molar-refractivity contribution >= 4 is 17.9 Å². The van der Waals surface area contributed by atoms with Gasteiger partial charge in [0.2, 0.25) is 0 Å². The van der Waals surface area contributed by atoms with E-state index in [1.165, 1.54) is 6.08 Å². The van der Waals surface area contributed by atoms with Crippen molar-refractivity contribution in [2.75, 3.05) is 6.61 Å². The van der Waals surface area contributed by atoms with Crippen molar-refractivity contribution in [3.05, 3.63) is 41.7 Å². The largest absolute Gasteiger partial charge is 0.394 e. The fraction of sp³-hybridized carbons (Fsp3) is 0.385. The van der Waals surface area contributed by atoms with Gasteiger partial charge in [0.1, 0.15) is 36.3 Å². The third-order valence-corrected chi connectivity index (χ3v) is 2.92. The van der Waals surface area contributed by atoms with Crippen molar-refractivity contribution in [2.24, 2.45) is 0 Å². The lowest BCUT2D eigenvalue weighted by Crippen LogP contribution is -2.46. The number of aliphatic hydroxyl groups is 5. The van der Waals surface area contributed by atoms with Gasteiger partial charge in [-0.3, -0.25) is 0 Å². The van der Waals surface area contributed by atoms with Gasteiger partial charge in [0, 0.05) is 0 Å². The fourth-order valence-electron chi connectivity index (χ4n) is 1.56. The predicted molar refractivity (Wildman–Crippen MR) is 72.5 cm³/mol. The molecule has 0 aliphatic heterocycles. The molecule has 112 valence electrons. The molecule has 4 atom stereocenters. The van der Waals surface area contributed by atoms with Crippen molar-refractivity contribution in [1.82, 2.24) is 0 Å². The summed E-state index contributed by atoms with van der Waals surface area (Å²) in [4.78, 5) is 0. The molecule has 0 saturated carbocycles. The van der Waals surface area contributed by atoms with Crippen LogP contribution in [0.25, 0.3) is 6.08 Å². The van der Waals surface area contributed by atoms with Crippen LogP contribution in [0.1, 0.15) is 5.56 Å². The van der Waals surface area contributed by atoms with Crippen LogP contribution >= 0.6 is 11.9 Å². The predicted octanol–water partition coefficient (Wildman–Crippen LogP) is -0.366. The molecule has 0 aliphatic rings. The van der Waals surface area contributed by atoms with Gasteiger partial charge in [-0.1, -0.05) is 30.3 Å². The van der Waals surface area contributed by atoms with Crippen LogP contribution in [0.4, 0.5) is 0 Å². The highest BCUT2D eigenvalue weighted by molar-refractivity contribution is 6.08. The Morgan fingerprint density at radius 3 is 2.20 bits per heavy atom. The Bertz CT molecular complexity index is 424. The number of hydrogen-bond donors (Lipinski definition) is 5. The molecule has 5 N–H and O–H groups in total. The monoisotopic (exact) mass is 304 g/mol. The van der Waals surface area contributed by atoms with Crippen LogP contribution in [-0.4, -0.2) is 56.6 Å². The highest BCUT2D eigenvalue weighted by Gasteiger charge is 2.33. The molecular formula is C13H17ClO6. The number of hydrogen-bond acceptors (Lipinski definition) is 6. The molecule has 0 aromatic heterocycles. The average molecular weight is 305 g/mol. The minimum absolute atomic E-state index is 0.199. The average Bonchev–Trinajstić information content (AvgIpc) is 2.50. The number of benzene rings is 1. The second kappa shape index (κ2) is 8.21. The van der Waals surface area contributed by atoms with Crippen LogP contribution in [0.5, 0.6) is 0 Å². The van der Waals surface area contributed by atoms with E-state index >= 15 is 0 Å². The van der Waals surface area contributed by atoms with Crippen LogP contribution < -0.4 is 0 Å². The molecule has 7 heteroatoms. The summed E-state index contributed by atoms with van der Waals surface area (Å²) in [5.41, 5.74) is 0.659. The molecule has 0 bridgehead atoms. The van der Waals surface area contributed by atoms with E-state index in [9.17, 15) is 20.4 Å². The van der Waals surface area contributed by atoms with Gasteiger partial charge in [0.05, 0.1) is 6.61 Å². The van der Waals surface area contributed by atoms with Crippen molar-refractivity contribution in [1.29, 1.82) is 0 Å². The first-order valence-electron chi connectivity index (χ1n) is 5.89. The lowest BCUT2D eigenvalue weighted by Gasteiger charge is -2.25. The summed E-state index contributed by atoms with van der Waals surface area (Å²) >= 11 is 5.24. The quantitative estimate of drug-likeness (QED) is 0.440. The summed E-state index contributed by atoms with van der Waals surface area (Å²) in [5, 5.41) is 47.0. The highest BCUT2D eigenvalue weighted by Crippen LogP contribution is 2.18. The molecule has 1 rings (SSSR count). The van der Waals surface area contributed by atoms with Gasteiger partial charge in [-0.15, -0.1) is 0 Å². The Balaban J connectivity index is 2.86. The maximum atomic E-state index is 9.87. The van der Waals surface area contributed by atoms with E-state index in [2.05, 4.69) is 4.29 Å². The van der Waals surface area contributed by atoms with Crippen LogP contribution in [0, 0.1) is 0 Å². The molecule has 20 heavy (non-hydrogen) atoms. The van der Waals surface area contributed by atoms with Gasteiger partial charge in [-0.25, -0.2) is 0 Å². The normalized spacial score (nSPS) is 18.2. The Kier molecular flexibility index (Phi) is 6.94. The zero-order valence-corrected chi connectivity index (χ0v) is 11.3. The Labute approximate surface area is 121 Å². The van der Waals surface area contributed by atoms with Crippen molar-refractivity contribution in [2.45, 2.75) is 24.4 Å². The topological polar surface area (TPSA) is 110 Å². The molecule has 0 saturated heterocycles. The second-order valence-electron chi connectivity index (χ2n) is 4.21. The molecule has 0 spiro atoms. The number of aliphatic hydroxyl groups excluding tert-OH is 5. The Hall–Kier alpha value is -1.15. The van der Waals surface area contributed by atoms with E-state index in [1.807, 2.05) is 0 Å². The zero-order valence-electron chi connectivity index (χ0n) is 10.5. The van der Waals surface area contributed by atoms with Crippen molar-refractivity contribution in [3.63, 3.8) is 0 Å². The highest BCUT2D eigenvalue weighted by atomic mass is 35.5. The molecule has 1 aromatic rings. The molecular weight excluding hydrogens is 288 g/mol. The smallest absolute Gasteiger partial charge is 0.155 e. The maximum absolute atomic E-state index is 9.87. The zero-order chi connectivity index (χ0) is 15.1. The third kappa shape index (κ3) is 4.45. The van der Waals surface area contributed by atoms with Crippen molar-refractivity contribution < 1.29 is 29.8 Å². The first-order chi connectivity index (χ1) is 9.51. The lowest BCUT2D eigenvalue weighted by molar-refractivity contribution is -0.111. The van der Waals surface area contributed by atoms with E-state index in [4.69, 9.17) is 17.0 Å².